The van der Waals surface area contributed by atoms with E-state index in [1.54, 1.807) is 0 Å². The highest BCUT2D eigenvalue weighted by atomic mass is 19.4. The first kappa shape index (κ1) is 16.9. The van der Waals surface area contributed by atoms with Gasteiger partial charge in [-0.05, 0) is 12.1 Å². The number of nitrogens with two attached hydrogens (primary N) is 1. The van der Waals surface area contributed by atoms with E-state index in [1.807, 2.05) is 0 Å². The summed E-state index contributed by atoms with van der Waals surface area (Å²) in [6.07, 6.45) is -8.26. The van der Waals surface area contributed by atoms with E-state index in [0.717, 1.165) is 0 Å². The van der Waals surface area contributed by atoms with Gasteiger partial charge < -0.3 is 26.0 Å². The average molecular weight is 325 g/mol. The second-order valence-electron chi connectivity index (χ2n) is 4.86. The number of hydrogen-bond acceptors (Lipinski definition) is 6. The fourth-order valence-corrected chi connectivity index (χ4v) is 2.09. The Bertz CT molecular complexity index is 529. The van der Waals surface area contributed by atoms with E-state index in [2.05, 4.69) is 10.3 Å². The molecule has 1 aromatic heterocycles. The predicted molar refractivity (Wildman–Crippen MR) is 67.4 cm³/mol. The Morgan fingerprint density at radius 1 is 1.32 bits per heavy atom. The van der Waals surface area contributed by atoms with E-state index in [0.29, 0.717) is 12.1 Å². The Morgan fingerprint density at radius 2 is 2.00 bits per heavy atom. The van der Waals surface area contributed by atoms with Gasteiger partial charge in [0, 0.05) is 6.54 Å². The summed E-state index contributed by atoms with van der Waals surface area (Å²) < 4.78 is 56.5. The number of nitrogens with one attached hydrogen (secondary N) is 1. The highest BCUT2D eigenvalue weighted by Crippen LogP contribution is 2.29. The van der Waals surface area contributed by atoms with E-state index in [1.165, 1.54) is 0 Å². The highest BCUT2D eigenvalue weighted by Gasteiger charge is 2.39. The maximum absolute atomic E-state index is 13.6. The zero-order valence-corrected chi connectivity index (χ0v) is 11.2. The molecular formula is C12H15F4N3O3. The lowest BCUT2D eigenvalue weighted by atomic mass is 9.98. The molecule has 0 amide bonds. The van der Waals surface area contributed by atoms with Crippen LogP contribution in [-0.2, 0) is 10.9 Å². The van der Waals surface area contributed by atoms with Crippen LogP contribution in [0.25, 0.3) is 0 Å². The van der Waals surface area contributed by atoms with Gasteiger partial charge in [-0.15, -0.1) is 0 Å². The van der Waals surface area contributed by atoms with Gasteiger partial charge in [-0.1, -0.05) is 0 Å². The van der Waals surface area contributed by atoms with Gasteiger partial charge in [-0.25, -0.2) is 9.37 Å². The maximum Gasteiger partial charge on any atom is 0.433 e. The van der Waals surface area contributed by atoms with Gasteiger partial charge in [0.1, 0.15) is 17.9 Å². The number of aromatic nitrogens is 1. The van der Waals surface area contributed by atoms with Crippen molar-refractivity contribution in [3.8, 4) is 0 Å². The van der Waals surface area contributed by atoms with Crippen LogP contribution in [0.2, 0.25) is 0 Å². The third-order valence-electron chi connectivity index (χ3n) is 3.32. The summed E-state index contributed by atoms with van der Waals surface area (Å²) in [6, 6.07) is 0.101. The van der Waals surface area contributed by atoms with Crippen molar-refractivity contribution < 1.29 is 32.5 Å². The standard InChI is InChI=1S/C12H15F4N3O3/c13-5-1-2-8(12(14,15)16)19-11(5)18-6-4-22-7(3-17)10(21)9(6)20/h1-2,6-7,9-10,20-21H,3-4,17H2,(H,18,19)/t6-,7+,9+,10-/m0/s1. The molecule has 0 bridgehead atoms. The van der Waals surface area contributed by atoms with Crippen molar-refractivity contribution in [1.82, 2.24) is 4.98 Å². The van der Waals surface area contributed by atoms with Crippen LogP contribution in [0.4, 0.5) is 23.4 Å². The van der Waals surface area contributed by atoms with Gasteiger partial charge >= 0.3 is 6.18 Å². The number of aliphatic hydroxyl groups is 2. The number of ether oxygens (including phenoxy) is 1. The minimum atomic E-state index is -4.73. The fraction of sp³-hybridized carbons (Fsp3) is 0.583. The first-order valence-electron chi connectivity index (χ1n) is 6.42. The minimum absolute atomic E-state index is 0.0406. The second-order valence-corrected chi connectivity index (χ2v) is 4.86. The molecule has 0 spiro atoms. The van der Waals surface area contributed by atoms with E-state index < -0.39 is 47.9 Å². The quantitative estimate of drug-likeness (QED) is 0.588. The molecule has 6 nitrogen and oxygen atoms in total. The topological polar surface area (TPSA) is 101 Å². The van der Waals surface area contributed by atoms with Crippen molar-refractivity contribution in [3.05, 3.63) is 23.6 Å². The van der Waals surface area contributed by atoms with Crippen LogP contribution >= 0.6 is 0 Å². The zero-order chi connectivity index (χ0) is 16.5. The summed E-state index contributed by atoms with van der Waals surface area (Å²) in [5.41, 5.74) is 4.06. The Balaban J connectivity index is 2.17. The summed E-state index contributed by atoms with van der Waals surface area (Å²) in [7, 11) is 0. The molecule has 4 atom stereocenters. The van der Waals surface area contributed by atoms with Gasteiger partial charge in [-0.3, -0.25) is 0 Å². The number of pyridine rings is 1. The largest absolute Gasteiger partial charge is 0.433 e. The summed E-state index contributed by atoms with van der Waals surface area (Å²) in [5, 5.41) is 22.0. The van der Waals surface area contributed by atoms with Crippen molar-refractivity contribution in [2.45, 2.75) is 30.5 Å². The predicted octanol–water partition coefficient (Wildman–Crippen LogP) is 0.0993. The molecule has 0 aliphatic carbocycles. The molecule has 1 saturated heterocycles. The summed E-state index contributed by atoms with van der Waals surface area (Å²) in [4.78, 5) is 3.15. The lowest BCUT2D eigenvalue weighted by Gasteiger charge is -2.37. The first-order chi connectivity index (χ1) is 10.2. The molecule has 1 aromatic rings. The summed E-state index contributed by atoms with van der Waals surface area (Å²) >= 11 is 0. The lowest BCUT2D eigenvalue weighted by molar-refractivity contribution is -0.141. The Kier molecular flexibility index (Phi) is 4.85. The molecule has 124 valence electrons. The molecule has 0 unspecified atom stereocenters. The average Bonchev–Trinajstić information content (AvgIpc) is 2.45. The highest BCUT2D eigenvalue weighted by molar-refractivity contribution is 5.39. The van der Waals surface area contributed by atoms with Crippen molar-refractivity contribution in [2.24, 2.45) is 5.73 Å². The van der Waals surface area contributed by atoms with Gasteiger partial charge in [0.15, 0.2) is 11.6 Å². The second kappa shape index (κ2) is 6.32. The van der Waals surface area contributed by atoms with Crippen molar-refractivity contribution in [1.29, 1.82) is 0 Å². The van der Waals surface area contributed by atoms with Gasteiger partial charge in [0.25, 0.3) is 0 Å². The molecule has 0 aromatic carbocycles. The monoisotopic (exact) mass is 325 g/mol. The Hall–Kier alpha value is -1.49. The lowest BCUT2D eigenvalue weighted by Crippen LogP contribution is -2.57. The van der Waals surface area contributed by atoms with E-state index >= 15 is 0 Å². The van der Waals surface area contributed by atoms with Crippen LogP contribution in [0.1, 0.15) is 5.69 Å². The van der Waals surface area contributed by atoms with E-state index in [4.69, 9.17) is 10.5 Å². The van der Waals surface area contributed by atoms with Crippen molar-refractivity contribution in [2.75, 3.05) is 18.5 Å². The Morgan fingerprint density at radius 3 is 2.59 bits per heavy atom. The van der Waals surface area contributed by atoms with E-state index in [-0.39, 0.29) is 13.2 Å². The Labute approximate surface area is 122 Å². The summed E-state index contributed by atoms with van der Waals surface area (Å²) in [5.74, 6) is -1.70. The van der Waals surface area contributed by atoms with Crippen LogP contribution < -0.4 is 11.1 Å². The van der Waals surface area contributed by atoms with E-state index in [9.17, 15) is 27.8 Å². The van der Waals surface area contributed by atoms with Gasteiger partial charge in [-0.2, -0.15) is 13.2 Å². The molecule has 0 saturated carbocycles. The molecule has 2 rings (SSSR count). The fourth-order valence-electron chi connectivity index (χ4n) is 2.09. The van der Waals surface area contributed by atoms with Crippen LogP contribution in [0.15, 0.2) is 12.1 Å². The van der Waals surface area contributed by atoms with Gasteiger partial charge in [0.2, 0.25) is 0 Å². The normalized spacial score (nSPS) is 29.4. The molecule has 22 heavy (non-hydrogen) atoms. The number of halogens is 4. The summed E-state index contributed by atoms with van der Waals surface area (Å²) in [6.45, 7) is -0.210. The number of alkyl halides is 3. The SMILES string of the molecule is NC[C@H]1OC[C@H](Nc2nc(C(F)(F)F)ccc2F)[C@@H](O)[C@H]1O. The molecule has 0 radical (unpaired) electrons. The molecule has 1 fully saturated rings. The minimum Gasteiger partial charge on any atom is -0.388 e. The molecular weight excluding hydrogens is 310 g/mol. The van der Waals surface area contributed by atoms with Crippen molar-refractivity contribution >= 4 is 5.82 Å². The first-order valence-corrected chi connectivity index (χ1v) is 6.42. The van der Waals surface area contributed by atoms with Crippen LogP contribution in [0, 0.1) is 5.82 Å². The molecule has 10 heteroatoms. The number of hydrogen-bond donors (Lipinski definition) is 4. The molecule has 1 aliphatic heterocycles. The van der Waals surface area contributed by atoms with Crippen molar-refractivity contribution in [3.63, 3.8) is 0 Å². The zero-order valence-electron chi connectivity index (χ0n) is 11.2. The molecule has 1 aliphatic rings. The molecule has 5 N–H and O–H groups in total. The smallest absolute Gasteiger partial charge is 0.388 e. The van der Waals surface area contributed by atoms with Crippen LogP contribution in [-0.4, -0.2) is 52.7 Å². The number of rotatable bonds is 3. The number of anilines is 1. The number of nitrogens with zero attached hydrogens (tertiary/aromatic N) is 1. The van der Waals surface area contributed by atoms with Crippen LogP contribution in [0.5, 0.6) is 0 Å². The third-order valence-corrected chi connectivity index (χ3v) is 3.32. The third kappa shape index (κ3) is 3.46. The van der Waals surface area contributed by atoms with Crippen LogP contribution in [0.3, 0.4) is 0 Å². The molecule has 2 heterocycles. The van der Waals surface area contributed by atoms with Gasteiger partial charge in [0.05, 0.1) is 18.8 Å². The number of aliphatic hydroxyl groups excluding tert-OH is 2. The maximum atomic E-state index is 13.6.